The topological polar surface area (TPSA) is 38.3 Å². The second-order valence-corrected chi connectivity index (χ2v) is 5.94. The van der Waals surface area contributed by atoms with Crippen LogP contribution in [-0.2, 0) is 9.53 Å². The Morgan fingerprint density at radius 1 is 1.18 bits per heavy atom. The smallest absolute Gasteiger partial charge is 0.220 e. The highest BCUT2D eigenvalue weighted by molar-refractivity contribution is 5.76. The molecule has 3 rings (SSSR count). The molecule has 2 aliphatic carbocycles. The van der Waals surface area contributed by atoms with Crippen LogP contribution in [0.5, 0.6) is 0 Å². The summed E-state index contributed by atoms with van der Waals surface area (Å²) < 4.78 is 5.55. The van der Waals surface area contributed by atoms with Crippen molar-refractivity contribution in [2.24, 2.45) is 11.8 Å². The van der Waals surface area contributed by atoms with Gasteiger partial charge in [-0.05, 0) is 56.8 Å². The summed E-state index contributed by atoms with van der Waals surface area (Å²) in [5.41, 5.74) is 0. The molecule has 0 radical (unpaired) electrons. The number of rotatable bonds is 6. The Morgan fingerprint density at radius 2 is 1.88 bits per heavy atom. The van der Waals surface area contributed by atoms with Crippen molar-refractivity contribution in [3.63, 3.8) is 0 Å². The fraction of sp³-hybridized carbons (Fsp3) is 0.929. The lowest BCUT2D eigenvalue weighted by atomic mass is 10.1. The molecule has 96 valence electrons. The molecule has 0 spiro atoms. The molecule has 3 nitrogen and oxygen atoms in total. The van der Waals surface area contributed by atoms with Gasteiger partial charge in [0, 0.05) is 19.1 Å². The van der Waals surface area contributed by atoms with Crippen LogP contribution >= 0.6 is 0 Å². The Morgan fingerprint density at radius 3 is 2.41 bits per heavy atom. The summed E-state index contributed by atoms with van der Waals surface area (Å²) in [4.78, 5) is 11.9. The Kier molecular flexibility index (Phi) is 3.37. The van der Waals surface area contributed by atoms with Gasteiger partial charge in [0.15, 0.2) is 0 Å². The Bertz CT molecular complexity index is 266. The first-order valence-corrected chi connectivity index (χ1v) is 7.24. The molecule has 3 fully saturated rings. The molecule has 1 atom stereocenters. The minimum Gasteiger partial charge on any atom is -0.378 e. The van der Waals surface area contributed by atoms with Crippen LogP contribution in [0.15, 0.2) is 0 Å². The van der Waals surface area contributed by atoms with Gasteiger partial charge in [0.25, 0.3) is 0 Å². The largest absolute Gasteiger partial charge is 0.378 e. The summed E-state index contributed by atoms with van der Waals surface area (Å²) in [5, 5.41) is 3.27. The molecule has 17 heavy (non-hydrogen) atoms. The molecule has 1 amide bonds. The molecule has 0 bridgehead atoms. The number of amides is 1. The fourth-order valence-electron chi connectivity index (χ4n) is 2.95. The van der Waals surface area contributed by atoms with E-state index in [1.807, 2.05) is 0 Å². The molecule has 1 saturated heterocycles. The van der Waals surface area contributed by atoms with E-state index in [0.29, 0.717) is 18.6 Å². The second kappa shape index (κ2) is 4.97. The van der Waals surface area contributed by atoms with Crippen LogP contribution in [-0.4, -0.2) is 24.7 Å². The first-order valence-electron chi connectivity index (χ1n) is 7.24. The molecule has 0 aromatic heterocycles. The molecule has 3 heteroatoms. The normalized spacial score (nSPS) is 28.6. The highest BCUT2D eigenvalue weighted by Gasteiger charge is 2.42. The highest BCUT2D eigenvalue weighted by atomic mass is 16.5. The monoisotopic (exact) mass is 237 g/mol. The van der Waals surface area contributed by atoms with Crippen molar-refractivity contribution >= 4 is 5.91 Å². The zero-order valence-electron chi connectivity index (χ0n) is 10.5. The van der Waals surface area contributed by atoms with E-state index >= 15 is 0 Å². The Hall–Kier alpha value is -0.570. The summed E-state index contributed by atoms with van der Waals surface area (Å²) in [7, 11) is 0. The van der Waals surface area contributed by atoms with E-state index in [1.165, 1.54) is 32.1 Å². The zero-order valence-corrected chi connectivity index (χ0v) is 10.5. The molecule has 2 saturated carbocycles. The van der Waals surface area contributed by atoms with Gasteiger partial charge in [0.2, 0.25) is 5.91 Å². The van der Waals surface area contributed by atoms with E-state index in [0.717, 1.165) is 31.3 Å². The lowest BCUT2D eigenvalue weighted by Crippen LogP contribution is -2.38. The van der Waals surface area contributed by atoms with Gasteiger partial charge in [0.05, 0.1) is 6.10 Å². The SMILES string of the molecule is O=C(CCC1CCCO1)NC(C1CC1)C1CC1. The van der Waals surface area contributed by atoms with Crippen molar-refractivity contribution in [1.29, 1.82) is 0 Å². The maximum atomic E-state index is 11.9. The Labute approximate surface area is 103 Å². The third-order valence-electron chi connectivity index (χ3n) is 4.30. The molecule has 1 N–H and O–H groups in total. The Balaban J connectivity index is 1.39. The molecular formula is C14H23NO2. The van der Waals surface area contributed by atoms with Crippen LogP contribution in [0.2, 0.25) is 0 Å². The lowest BCUT2D eigenvalue weighted by molar-refractivity contribution is -0.122. The third kappa shape index (κ3) is 3.21. The fourth-order valence-corrected chi connectivity index (χ4v) is 2.95. The van der Waals surface area contributed by atoms with Gasteiger partial charge in [-0.15, -0.1) is 0 Å². The predicted molar refractivity (Wildman–Crippen MR) is 65.6 cm³/mol. The number of hydrogen-bond donors (Lipinski definition) is 1. The van der Waals surface area contributed by atoms with E-state index in [-0.39, 0.29) is 5.91 Å². The van der Waals surface area contributed by atoms with Gasteiger partial charge < -0.3 is 10.1 Å². The number of ether oxygens (including phenoxy) is 1. The third-order valence-corrected chi connectivity index (χ3v) is 4.30. The van der Waals surface area contributed by atoms with Crippen molar-refractivity contribution < 1.29 is 9.53 Å². The van der Waals surface area contributed by atoms with Crippen molar-refractivity contribution in [2.75, 3.05) is 6.61 Å². The molecule has 0 aromatic rings. The van der Waals surface area contributed by atoms with Crippen LogP contribution in [0.25, 0.3) is 0 Å². The van der Waals surface area contributed by atoms with Crippen molar-refractivity contribution in [3.8, 4) is 0 Å². The average molecular weight is 237 g/mol. The van der Waals surface area contributed by atoms with Crippen molar-refractivity contribution in [3.05, 3.63) is 0 Å². The molecular weight excluding hydrogens is 214 g/mol. The first-order chi connectivity index (χ1) is 8.33. The quantitative estimate of drug-likeness (QED) is 0.769. The molecule has 3 aliphatic rings. The van der Waals surface area contributed by atoms with Crippen LogP contribution < -0.4 is 5.32 Å². The maximum absolute atomic E-state index is 11.9. The molecule has 1 aliphatic heterocycles. The van der Waals surface area contributed by atoms with E-state index in [2.05, 4.69) is 5.32 Å². The first kappa shape index (κ1) is 11.5. The zero-order chi connectivity index (χ0) is 11.7. The van der Waals surface area contributed by atoms with Crippen molar-refractivity contribution in [2.45, 2.75) is 63.5 Å². The molecule has 1 heterocycles. The minimum atomic E-state index is 0.254. The van der Waals surface area contributed by atoms with E-state index in [1.54, 1.807) is 0 Å². The predicted octanol–water partition coefficient (Wildman–Crippen LogP) is 2.25. The number of carbonyl (C=O) groups is 1. The van der Waals surface area contributed by atoms with Gasteiger partial charge in [0.1, 0.15) is 0 Å². The number of hydrogen-bond acceptors (Lipinski definition) is 2. The van der Waals surface area contributed by atoms with E-state index in [4.69, 9.17) is 4.74 Å². The summed E-state index contributed by atoms with van der Waals surface area (Å²) in [6, 6.07) is 0.506. The number of carbonyl (C=O) groups excluding carboxylic acids is 1. The van der Waals surface area contributed by atoms with Crippen LogP contribution in [0, 0.1) is 11.8 Å². The second-order valence-electron chi connectivity index (χ2n) is 5.94. The highest BCUT2D eigenvalue weighted by Crippen LogP contribution is 2.44. The van der Waals surface area contributed by atoms with Crippen LogP contribution in [0.1, 0.15) is 51.4 Å². The summed E-state index contributed by atoms with van der Waals surface area (Å²) in [5.74, 6) is 1.85. The number of nitrogens with one attached hydrogen (secondary N) is 1. The van der Waals surface area contributed by atoms with Gasteiger partial charge >= 0.3 is 0 Å². The summed E-state index contributed by atoms with van der Waals surface area (Å²) in [6.07, 6.45) is 9.53. The standard InChI is InChI=1S/C14H23NO2/c16-13(8-7-12-2-1-9-17-12)15-14(10-3-4-10)11-5-6-11/h10-12,14H,1-9H2,(H,15,16). The average Bonchev–Trinajstić information content (AvgIpc) is 3.24. The molecule has 1 unspecified atom stereocenters. The lowest BCUT2D eigenvalue weighted by Gasteiger charge is -2.18. The summed E-state index contributed by atoms with van der Waals surface area (Å²) in [6.45, 7) is 0.888. The van der Waals surface area contributed by atoms with E-state index in [9.17, 15) is 4.79 Å². The van der Waals surface area contributed by atoms with Gasteiger partial charge in [-0.25, -0.2) is 0 Å². The van der Waals surface area contributed by atoms with E-state index < -0.39 is 0 Å². The van der Waals surface area contributed by atoms with Crippen molar-refractivity contribution in [1.82, 2.24) is 5.32 Å². The summed E-state index contributed by atoms with van der Waals surface area (Å²) >= 11 is 0. The van der Waals surface area contributed by atoms with Gasteiger partial charge in [-0.1, -0.05) is 0 Å². The molecule has 0 aromatic carbocycles. The van der Waals surface area contributed by atoms with Crippen LogP contribution in [0.3, 0.4) is 0 Å². The maximum Gasteiger partial charge on any atom is 0.220 e. The van der Waals surface area contributed by atoms with Gasteiger partial charge in [-0.3, -0.25) is 4.79 Å². The van der Waals surface area contributed by atoms with Crippen LogP contribution in [0.4, 0.5) is 0 Å². The minimum absolute atomic E-state index is 0.254. The van der Waals surface area contributed by atoms with Gasteiger partial charge in [-0.2, -0.15) is 0 Å².